The third-order valence-corrected chi connectivity index (χ3v) is 5.99. The Labute approximate surface area is 112 Å². The first-order valence-electron chi connectivity index (χ1n) is 5.96. The standard InChI is InChI=1S/C12H18N2O2S2/c1-9-4-5-10(13)7-12(9)18(15,16)14-8-11-3-2-6-17-11/h4-5,7,11,14H,2-3,6,8,13H2,1H3. The minimum Gasteiger partial charge on any atom is -0.399 e. The Bertz CT molecular complexity index is 523. The third kappa shape index (κ3) is 3.18. The highest BCUT2D eigenvalue weighted by Crippen LogP contribution is 2.26. The van der Waals surface area contributed by atoms with Crippen molar-refractivity contribution in [1.29, 1.82) is 0 Å². The zero-order valence-electron chi connectivity index (χ0n) is 10.3. The SMILES string of the molecule is Cc1ccc(N)cc1S(=O)(=O)NCC1CCCS1. The van der Waals surface area contributed by atoms with E-state index in [4.69, 9.17) is 5.73 Å². The number of nitrogens with one attached hydrogen (secondary N) is 1. The summed E-state index contributed by atoms with van der Waals surface area (Å²) in [6.45, 7) is 2.28. The van der Waals surface area contributed by atoms with Gasteiger partial charge in [-0.15, -0.1) is 0 Å². The molecule has 0 aliphatic carbocycles. The van der Waals surface area contributed by atoms with Crippen molar-refractivity contribution < 1.29 is 8.42 Å². The van der Waals surface area contributed by atoms with Crippen LogP contribution in [0.4, 0.5) is 5.69 Å². The molecule has 1 unspecified atom stereocenters. The summed E-state index contributed by atoms with van der Waals surface area (Å²) in [5.41, 5.74) is 6.83. The lowest BCUT2D eigenvalue weighted by Crippen LogP contribution is -2.30. The molecule has 18 heavy (non-hydrogen) atoms. The van der Waals surface area contributed by atoms with Gasteiger partial charge in [0.25, 0.3) is 0 Å². The van der Waals surface area contributed by atoms with Crippen LogP contribution in [-0.2, 0) is 10.0 Å². The Morgan fingerprint density at radius 2 is 2.28 bits per heavy atom. The fraction of sp³-hybridized carbons (Fsp3) is 0.500. The van der Waals surface area contributed by atoms with E-state index in [1.165, 1.54) is 12.5 Å². The van der Waals surface area contributed by atoms with Gasteiger partial charge in [-0.3, -0.25) is 0 Å². The molecule has 0 saturated carbocycles. The summed E-state index contributed by atoms with van der Waals surface area (Å²) in [6, 6.07) is 4.95. The molecule has 1 aliphatic heterocycles. The van der Waals surface area contributed by atoms with Crippen LogP contribution in [-0.4, -0.2) is 26.0 Å². The van der Waals surface area contributed by atoms with Gasteiger partial charge in [-0.05, 0) is 43.2 Å². The minimum atomic E-state index is -3.44. The number of hydrogen-bond donors (Lipinski definition) is 2. The van der Waals surface area contributed by atoms with E-state index in [2.05, 4.69) is 4.72 Å². The second kappa shape index (κ2) is 5.50. The maximum Gasteiger partial charge on any atom is 0.240 e. The molecule has 3 N–H and O–H groups in total. The molecule has 1 aromatic carbocycles. The van der Waals surface area contributed by atoms with Crippen LogP contribution in [0.15, 0.2) is 23.1 Å². The van der Waals surface area contributed by atoms with Crippen molar-refractivity contribution in [1.82, 2.24) is 4.72 Å². The van der Waals surface area contributed by atoms with Crippen molar-refractivity contribution in [3.8, 4) is 0 Å². The van der Waals surface area contributed by atoms with E-state index in [0.717, 1.165) is 17.7 Å². The topological polar surface area (TPSA) is 72.2 Å². The van der Waals surface area contributed by atoms with Crippen LogP contribution in [0, 0.1) is 6.92 Å². The van der Waals surface area contributed by atoms with Gasteiger partial charge in [0, 0.05) is 17.5 Å². The smallest absolute Gasteiger partial charge is 0.240 e. The predicted octanol–water partition coefficient (Wildman–Crippen LogP) is 1.75. The van der Waals surface area contributed by atoms with Gasteiger partial charge >= 0.3 is 0 Å². The molecule has 4 nitrogen and oxygen atoms in total. The molecular formula is C12H18N2O2S2. The lowest BCUT2D eigenvalue weighted by molar-refractivity contribution is 0.578. The van der Waals surface area contributed by atoms with Gasteiger partial charge in [0.1, 0.15) is 0 Å². The van der Waals surface area contributed by atoms with E-state index in [1.54, 1.807) is 19.1 Å². The van der Waals surface area contributed by atoms with E-state index in [0.29, 0.717) is 17.5 Å². The predicted molar refractivity (Wildman–Crippen MR) is 76.3 cm³/mol. The van der Waals surface area contributed by atoms with Crippen molar-refractivity contribution in [3.63, 3.8) is 0 Å². The van der Waals surface area contributed by atoms with Crippen LogP contribution in [0.1, 0.15) is 18.4 Å². The van der Waals surface area contributed by atoms with Gasteiger partial charge in [0.05, 0.1) is 4.90 Å². The Morgan fingerprint density at radius 3 is 2.94 bits per heavy atom. The van der Waals surface area contributed by atoms with E-state index >= 15 is 0 Å². The number of hydrogen-bond acceptors (Lipinski definition) is 4. The number of nitrogens with two attached hydrogens (primary N) is 1. The van der Waals surface area contributed by atoms with Gasteiger partial charge in [-0.1, -0.05) is 6.07 Å². The Kier molecular flexibility index (Phi) is 4.19. The van der Waals surface area contributed by atoms with Crippen LogP contribution in [0.5, 0.6) is 0 Å². The first-order chi connectivity index (χ1) is 8.49. The first-order valence-corrected chi connectivity index (χ1v) is 8.49. The number of rotatable bonds is 4. The van der Waals surface area contributed by atoms with Crippen molar-refractivity contribution in [2.75, 3.05) is 18.0 Å². The molecular weight excluding hydrogens is 268 g/mol. The molecule has 1 atom stereocenters. The van der Waals surface area contributed by atoms with Crippen LogP contribution < -0.4 is 10.5 Å². The van der Waals surface area contributed by atoms with Gasteiger partial charge < -0.3 is 5.73 Å². The fourth-order valence-corrected chi connectivity index (χ4v) is 4.66. The maximum absolute atomic E-state index is 12.2. The first kappa shape index (κ1) is 13.7. The van der Waals surface area contributed by atoms with Gasteiger partial charge in [0.2, 0.25) is 10.0 Å². The van der Waals surface area contributed by atoms with E-state index in [1.807, 2.05) is 11.8 Å². The van der Waals surface area contributed by atoms with E-state index < -0.39 is 10.0 Å². The average Bonchev–Trinajstić information content (AvgIpc) is 2.83. The van der Waals surface area contributed by atoms with Crippen molar-refractivity contribution >= 4 is 27.5 Å². The molecule has 1 fully saturated rings. The minimum absolute atomic E-state index is 0.283. The summed E-state index contributed by atoms with van der Waals surface area (Å²) in [5, 5.41) is 0.404. The number of nitrogen functional groups attached to an aromatic ring is 1. The van der Waals surface area contributed by atoms with Crippen LogP contribution in [0.25, 0.3) is 0 Å². The van der Waals surface area contributed by atoms with Gasteiger partial charge in [0.15, 0.2) is 0 Å². The molecule has 1 heterocycles. The second-order valence-corrected chi connectivity index (χ2v) is 7.66. The van der Waals surface area contributed by atoms with Crippen molar-refractivity contribution in [2.45, 2.75) is 29.9 Å². The Hall–Kier alpha value is -0.720. The van der Waals surface area contributed by atoms with E-state index in [9.17, 15) is 8.42 Å². The fourth-order valence-electron chi connectivity index (χ4n) is 1.99. The lowest BCUT2D eigenvalue weighted by Gasteiger charge is -2.12. The molecule has 1 aliphatic rings. The molecule has 0 amide bonds. The van der Waals surface area contributed by atoms with Crippen molar-refractivity contribution in [3.05, 3.63) is 23.8 Å². The maximum atomic E-state index is 12.2. The second-order valence-electron chi connectivity index (χ2n) is 4.51. The molecule has 2 rings (SSSR count). The highest BCUT2D eigenvalue weighted by Gasteiger charge is 2.21. The summed E-state index contributed by atoms with van der Waals surface area (Å²) in [5.74, 6) is 1.13. The normalized spacial score (nSPS) is 20.2. The Morgan fingerprint density at radius 1 is 1.50 bits per heavy atom. The molecule has 6 heteroatoms. The number of sulfonamides is 1. The van der Waals surface area contributed by atoms with Crippen LogP contribution in [0.2, 0.25) is 0 Å². The highest BCUT2D eigenvalue weighted by molar-refractivity contribution is 8.00. The van der Waals surface area contributed by atoms with E-state index in [-0.39, 0.29) is 4.90 Å². The summed E-state index contributed by atoms with van der Waals surface area (Å²) in [6.07, 6.45) is 2.26. The molecule has 1 aromatic rings. The molecule has 100 valence electrons. The quantitative estimate of drug-likeness (QED) is 0.827. The number of anilines is 1. The third-order valence-electron chi connectivity index (χ3n) is 3.03. The molecule has 0 bridgehead atoms. The van der Waals surface area contributed by atoms with Crippen LogP contribution in [0.3, 0.4) is 0 Å². The largest absolute Gasteiger partial charge is 0.399 e. The average molecular weight is 286 g/mol. The molecule has 1 saturated heterocycles. The number of benzene rings is 1. The van der Waals surface area contributed by atoms with Crippen LogP contribution >= 0.6 is 11.8 Å². The molecule has 0 radical (unpaired) electrons. The van der Waals surface area contributed by atoms with Gasteiger partial charge in [-0.2, -0.15) is 11.8 Å². The lowest BCUT2D eigenvalue weighted by atomic mass is 10.2. The summed E-state index contributed by atoms with van der Waals surface area (Å²) in [4.78, 5) is 0.283. The summed E-state index contributed by atoms with van der Waals surface area (Å²) in [7, 11) is -3.44. The zero-order chi connectivity index (χ0) is 13.2. The summed E-state index contributed by atoms with van der Waals surface area (Å²) < 4.78 is 27.1. The Balaban J connectivity index is 2.12. The molecule has 0 aromatic heterocycles. The van der Waals surface area contributed by atoms with Crippen molar-refractivity contribution in [2.24, 2.45) is 0 Å². The summed E-state index contributed by atoms with van der Waals surface area (Å²) >= 11 is 1.83. The van der Waals surface area contributed by atoms with Gasteiger partial charge in [-0.25, -0.2) is 13.1 Å². The number of thioether (sulfide) groups is 1. The number of aryl methyl sites for hydroxylation is 1. The monoisotopic (exact) mass is 286 g/mol. The zero-order valence-corrected chi connectivity index (χ0v) is 12.0. The highest BCUT2D eigenvalue weighted by atomic mass is 32.2. The molecule has 0 spiro atoms.